The van der Waals surface area contributed by atoms with Crippen LogP contribution in [0.4, 0.5) is 0 Å². The molecule has 1 fully saturated rings. The smallest absolute Gasteiger partial charge is 0.0826 e. The Hall–Kier alpha value is -0.160. The van der Waals surface area contributed by atoms with E-state index in [4.69, 9.17) is 4.74 Å². The van der Waals surface area contributed by atoms with Crippen molar-refractivity contribution >= 4 is 0 Å². The topological polar surface area (TPSA) is 27.7 Å². The van der Waals surface area contributed by atoms with Gasteiger partial charge in [-0.25, -0.2) is 0 Å². The largest absolute Gasteiger partial charge is 0.374 e. The van der Waals surface area contributed by atoms with E-state index in [-0.39, 0.29) is 1.43 Å². The summed E-state index contributed by atoms with van der Waals surface area (Å²) in [5.74, 6) is 1.51. The Balaban J connectivity index is 0.00000441. The van der Waals surface area contributed by atoms with Crippen LogP contribution in [0.25, 0.3) is 0 Å². The molecule has 2 atom stereocenters. The first-order valence-corrected chi connectivity index (χ1v) is 8.74. The van der Waals surface area contributed by atoms with Gasteiger partial charge in [-0.1, -0.05) is 34.1 Å². The van der Waals surface area contributed by atoms with E-state index < -0.39 is 0 Å². The first-order chi connectivity index (χ1) is 10.0. The van der Waals surface area contributed by atoms with Crippen LogP contribution >= 0.6 is 0 Å². The molecule has 4 heteroatoms. The number of hydrogen-bond acceptors (Lipinski definition) is 4. The van der Waals surface area contributed by atoms with Crippen molar-refractivity contribution in [2.45, 2.75) is 40.2 Å². The van der Waals surface area contributed by atoms with Crippen molar-refractivity contribution in [3.8, 4) is 0 Å². The van der Waals surface area contributed by atoms with Crippen molar-refractivity contribution in [3.05, 3.63) is 0 Å². The minimum Gasteiger partial charge on any atom is -0.374 e. The van der Waals surface area contributed by atoms with Gasteiger partial charge in [-0.05, 0) is 25.4 Å². The van der Waals surface area contributed by atoms with Gasteiger partial charge in [-0.2, -0.15) is 0 Å². The summed E-state index contributed by atoms with van der Waals surface area (Å²) in [6.45, 7) is 17.7. The zero-order valence-corrected chi connectivity index (χ0v) is 14.9. The summed E-state index contributed by atoms with van der Waals surface area (Å²) >= 11 is 0. The molecule has 128 valence electrons. The van der Waals surface area contributed by atoms with Crippen LogP contribution in [0.15, 0.2) is 0 Å². The molecule has 0 radical (unpaired) electrons. The number of likely N-dealkylation sites (N-methyl/N-ethyl adjacent to an activating group) is 1. The molecule has 4 nitrogen and oxygen atoms in total. The van der Waals surface area contributed by atoms with E-state index in [1.807, 2.05) is 0 Å². The minimum absolute atomic E-state index is 0. The molecule has 0 saturated carbocycles. The highest BCUT2D eigenvalue weighted by Gasteiger charge is 2.20. The molecule has 0 aromatic rings. The van der Waals surface area contributed by atoms with Gasteiger partial charge in [0, 0.05) is 40.7 Å². The molecule has 1 rings (SSSR count). The third-order valence-electron chi connectivity index (χ3n) is 4.26. The van der Waals surface area contributed by atoms with Crippen LogP contribution < -0.4 is 5.32 Å². The molecule has 1 heterocycles. The number of ether oxygens (including phenoxy) is 1. The van der Waals surface area contributed by atoms with Crippen molar-refractivity contribution in [3.63, 3.8) is 0 Å². The van der Waals surface area contributed by atoms with Gasteiger partial charge in [-0.15, -0.1) is 0 Å². The van der Waals surface area contributed by atoms with Crippen LogP contribution in [0.5, 0.6) is 0 Å². The molecule has 1 aliphatic rings. The number of nitrogens with one attached hydrogen (secondary N) is 1. The number of morpholine rings is 1. The Bertz CT molecular complexity index is 266. The van der Waals surface area contributed by atoms with Gasteiger partial charge < -0.3 is 15.0 Å². The highest BCUT2D eigenvalue weighted by atomic mass is 16.5. The van der Waals surface area contributed by atoms with Crippen LogP contribution in [0.1, 0.15) is 35.5 Å². The lowest BCUT2D eigenvalue weighted by Crippen LogP contribution is -2.48. The van der Waals surface area contributed by atoms with Crippen molar-refractivity contribution < 1.29 is 6.16 Å². The van der Waals surface area contributed by atoms with Gasteiger partial charge in [0.2, 0.25) is 0 Å². The van der Waals surface area contributed by atoms with Crippen LogP contribution in [-0.2, 0) is 4.74 Å². The van der Waals surface area contributed by atoms with Crippen molar-refractivity contribution in [1.82, 2.24) is 15.1 Å². The highest BCUT2D eigenvalue weighted by Crippen LogP contribution is 2.06. The summed E-state index contributed by atoms with van der Waals surface area (Å²) in [6, 6.07) is 0. The number of rotatable bonds is 10. The van der Waals surface area contributed by atoms with Crippen molar-refractivity contribution in [2.24, 2.45) is 11.8 Å². The summed E-state index contributed by atoms with van der Waals surface area (Å²) < 4.78 is 5.88. The molecule has 0 aliphatic carbocycles. The Morgan fingerprint density at radius 3 is 2.81 bits per heavy atom. The third kappa shape index (κ3) is 8.77. The first kappa shape index (κ1) is 18.9. The molecule has 0 spiro atoms. The second-order valence-electron chi connectivity index (χ2n) is 7.12. The SMILES string of the molecule is CCC(C)CNC[C@@H]1CN(CCN(C)CC(C)C)CCO1.[HH]. The van der Waals surface area contributed by atoms with Gasteiger partial charge in [0.25, 0.3) is 0 Å². The van der Waals surface area contributed by atoms with E-state index in [1.54, 1.807) is 0 Å². The van der Waals surface area contributed by atoms with E-state index in [0.717, 1.165) is 57.7 Å². The average molecular weight is 302 g/mol. The molecule has 0 amide bonds. The lowest BCUT2D eigenvalue weighted by Gasteiger charge is -2.34. The van der Waals surface area contributed by atoms with Gasteiger partial charge in [0.05, 0.1) is 12.7 Å². The van der Waals surface area contributed by atoms with Gasteiger partial charge in [0.15, 0.2) is 0 Å². The van der Waals surface area contributed by atoms with E-state index >= 15 is 0 Å². The summed E-state index contributed by atoms with van der Waals surface area (Å²) in [7, 11) is 2.23. The maximum atomic E-state index is 5.88. The summed E-state index contributed by atoms with van der Waals surface area (Å²) in [6.07, 6.45) is 1.60. The molecule has 1 N–H and O–H groups in total. The molecule has 0 aromatic heterocycles. The fourth-order valence-corrected chi connectivity index (χ4v) is 2.77. The number of hydrogen-bond donors (Lipinski definition) is 1. The zero-order chi connectivity index (χ0) is 15.7. The van der Waals surface area contributed by atoms with E-state index in [1.165, 1.54) is 13.0 Å². The quantitative estimate of drug-likeness (QED) is 0.669. The Kier molecular flexibility index (Phi) is 9.49. The Labute approximate surface area is 133 Å². The summed E-state index contributed by atoms with van der Waals surface area (Å²) in [5.41, 5.74) is 0. The Morgan fingerprint density at radius 1 is 1.38 bits per heavy atom. The molecule has 21 heavy (non-hydrogen) atoms. The fourth-order valence-electron chi connectivity index (χ4n) is 2.77. The van der Waals surface area contributed by atoms with Crippen molar-refractivity contribution in [1.29, 1.82) is 0 Å². The zero-order valence-electron chi connectivity index (χ0n) is 14.9. The van der Waals surface area contributed by atoms with Gasteiger partial charge in [0.1, 0.15) is 0 Å². The fraction of sp³-hybridized carbons (Fsp3) is 1.00. The maximum Gasteiger partial charge on any atom is 0.0826 e. The Morgan fingerprint density at radius 2 is 2.14 bits per heavy atom. The monoisotopic (exact) mass is 301 g/mol. The van der Waals surface area contributed by atoms with Gasteiger partial charge >= 0.3 is 0 Å². The third-order valence-corrected chi connectivity index (χ3v) is 4.26. The molecule has 1 aliphatic heterocycles. The minimum atomic E-state index is 0. The second kappa shape index (κ2) is 10.5. The summed E-state index contributed by atoms with van der Waals surface area (Å²) in [5, 5.41) is 3.56. The number of nitrogens with zero attached hydrogens (tertiary/aromatic N) is 2. The van der Waals surface area contributed by atoms with Crippen molar-refractivity contribution in [2.75, 3.05) is 59.5 Å². The molecule has 0 aromatic carbocycles. The average Bonchev–Trinajstić information content (AvgIpc) is 2.44. The van der Waals surface area contributed by atoms with Gasteiger partial charge in [-0.3, -0.25) is 4.90 Å². The molecular formula is C17H39N3O. The normalized spacial score (nSPS) is 22.1. The standard InChI is InChI=1S/C17H37N3O.H2/c1-6-16(4)11-18-12-17-14-20(9-10-21-17)8-7-19(5)13-15(2)3;/h15-18H,6-14H2,1-5H3;1H/t16?,17-;/m1./s1. The molecule has 1 unspecified atom stereocenters. The highest BCUT2D eigenvalue weighted by molar-refractivity contribution is 4.74. The first-order valence-electron chi connectivity index (χ1n) is 8.74. The van der Waals surface area contributed by atoms with Crippen LogP contribution in [0, 0.1) is 11.8 Å². The predicted molar refractivity (Wildman–Crippen MR) is 93.0 cm³/mol. The van der Waals surface area contributed by atoms with Crippen LogP contribution in [-0.4, -0.2) is 75.4 Å². The second-order valence-corrected chi connectivity index (χ2v) is 7.12. The van der Waals surface area contributed by atoms with E-state index in [0.29, 0.717) is 6.10 Å². The summed E-state index contributed by atoms with van der Waals surface area (Å²) in [4.78, 5) is 4.99. The van der Waals surface area contributed by atoms with Crippen LogP contribution in [0.3, 0.4) is 0 Å². The van der Waals surface area contributed by atoms with Crippen LogP contribution in [0.2, 0.25) is 0 Å². The molecule has 0 bridgehead atoms. The van der Waals surface area contributed by atoms with E-state index in [9.17, 15) is 0 Å². The lowest BCUT2D eigenvalue weighted by molar-refractivity contribution is -0.0290. The molecular weight excluding hydrogens is 262 g/mol. The molecule has 1 saturated heterocycles. The lowest BCUT2D eigenvalue weighted by atomic mass is 10.1. The van der Waals surface area contributed by atoms with E-state index in [2.05, 4.69) is 49.9 Å². The predicted octanol–water partition coefficient (Wildman–Crippen LogP) is 2.16. The maximum absolute atomic E-state index is 5.88.